The molecule has 7 nitrogen and oxygen atoms in total. The molecule has 0 aromatic heterocycles. The van der Waals surface area contributed by atoms with Gasteiger partial charge in [-0.1, -0.05) is 11.8 Å². The van der Waals surface area contributed by atoms with E-state index in [0.717, 1.165) is 36.8 Å². The van der Waals surface area contributed by atoms with Crippen molar-refractivity contribution in [2.45, 2.75) is 24.2 Å². The summed E-state index contributed by atoms with van der Waals surface area (Å²) in [6.45, 7) is 2.75. The highest BCUT2D eigenvalue weighted by Gasteiger charge is 2.28. The van der Waals surface area contributed by atoms with Crippen LogP contribution in [0, 0.1) is 0 Å². The molecule has 1 aromatic carbocycles. The maximum Gasteiger partial charge on any atom is 0.243 e. The molecule has 0 aliphatic carbocycles. The van der Waals surface area contributed by atoms with Crippen LogP contribution in [0.25, 0.3) is 0 Å². The van der Waals surface area contributed by atoms with E-state index in [1.807, 2.05) is 5.41 Å². The van der Waals surface area contributed by atoms with Crippen molar-refractivity contribution in [2.24, 2.45) is 4.99 Å². The van der Waals surface area contributed by atoms with Gasteiger partial charge < -0.3 is 10.2 Å². The van der Waals surface area contributed by atoms with Crippen molar-refractivity contribution in [1.82, 2.24) is 9.21 Å². The van der Waals surface area contributed by atoms with Crippen molar-refractivity contribution in [3.63, 3.8) is 0 Å². The van der Waals surface area contributed by atoms with Crippen LogP contribution in [-0.4, -0.2) is 54.9 Å². The Morgan fingerprint density at radius 2 is 1.88 bits per heavy atom. The molecule has 0 unspecified atom stereocenters. The second-order valence-corrected chi connectivity index (χ2v) is 9.18. The van der Waals surface area contributed by atoms with Gasteiger partial charge in [-0.15, -0.1) is 0 Å². The molecule has 9 heteroatoms. The van der Waals surface area contributed by atoms with E-state index in [1.54, 1.807) is 36.0 Å². The lowest BCUT2D eigenvalue weighted by atomic mass is 10.2. The maximum atomic E-state index is 12.5. The Hall–Kier alpha value is -1.84. The van der Waals surface area contributed by atoms with Gasteiger partial charge in [0.05, 0.1) is 17.9 Å². The Labute approximate surface area is 157 Å². The number of benzene rings is 1. The van der Waals surface area contributed by atoms with Gasteiger partial charge in [-0.3, -0.25) is 9.79 Å². The van der Waals surface area contributed by atoms with Crippen molar-refractivity contribution < 1.29 is 13.2 Å². The zero-order chi connectivity index (χ0) is 18.1. The number of thioether (sulfide) groups is 1. The van der Waals surface area contributed by atoms with Crippen molar-refractivity contribution in [3.05, 3.63) is 35.4 Å². The van der Waals surface area contributed by atoms with Gasteiger partial charge in [-0.25, -0.2) is 8.42 Å². The number of aliphatic imine (C=N–C) groups is 1. The number of amides is 1. The molecule has 0 radical (unpaired) electrons. The Morgan fingerprint density at radius 1 is 1.15 bits per heavy atom. The largest absolute Gasteiger partial charge is 0.326 e. The van der Waals surface area contributed by atoms with Gasteiger partial charge in [0.2, 0.25) is 15.9 Å². The summed E-state index contributed by atoms with van der Waals surface area (Å²) in [5.74, 6) is -0.125. The topological polar surface area (TPSA) is 82.1 Å². The molecule has 4 rings (SSSR count). The number of fused-ring (bicyclic) bond motifs is 1. The minimum atomic E-state index is -3.42. The van der Waals surface area contributed by atoms with Gasteiger partial charge in [0.1, 0.15) is 0 Å². The Kier molecular flexibility index (Phi) is 4.76. The number of rotatable bonds is 5. The first kappa shape index (κ1) is 17.6. The van der Waals surface area contributed by atoms with Crippen molar-refractivity contribution >= 4 is 38.5 Å². The SMILES string of the molecule is O=C(CC1=CSC2=NCCN12)Nc1ccc(S(=O)(=O)N2CCCC2)cc1. The molecule has 3 aliphatic heterocycles. The fraction of sp³-hybridized carbons (Fsp3) is 0.412. The van der Waals surface area contributed by atoms with Crippen LogP contribution in [0.4, 0.5) is 5.69 Å². The molecule has 26 heavy (non-hydrogen) atoms. The summed E-state index contributed by atoms with van der Waals surface area (Å²) in [5, 5.41) is 5.76. The fourth-order valence-electron chi connectivity index (χ4n) is 3.27. The maximum absolute atomic E-state index is 12.5. The number of amidine groups is 1. The van der Waals surface area contributed by atoms with Gasteiger partial charge in [0, 0.05) is 31.0 Å². The number of nitrogens with one attached hydrogen (secondary N) is 1. The monoisotopic (exact) mass is 392 g/mol. The standard InChI is InChI=1S/C17H20N4O3S2/c22-16(11-14-12-25-17-18-7-10-21(14)17)19-13-3-5-15(6-4-13)26(23,24)20-8-1-2-9-20/h3-6,12H,1-2,7-11H2,(H,19,22). The average molecular weight is 393 g/mol. The number of sulfonamides is 1. The normalized spacial score (nSPS) is 20.1. The lowest BCUT2D eigenvalue weighted by Crippen LogP contribution is -2.27. The number of carbonyl (C=O) groups excluding carboxylic acids is 1. The van der Waals surface area contributed by atoms with Crippen LogP contribution in [0.15, 0.2) is 45.3 Å². The second kappa shape index (κ2) is 7.05. The van der Waals surface area contributed by atoms with E-state index in [-0.39, 0.29) is 17.2 Å². The van der Waals surface area contributed by atoms with Gasteiger partial charge in [-0.05, 0) is 42.5 Å². The van der Waals surface area contributed by atoms with Crippen LogP contribution in [0.5, 0.6) is 0 Å². The van der Waals surface area contributed by atoms with E-state index in [4.69, 9.17) is 0 Å². The Bertz CT molecular complexity index is 872. The highest BCUT2D eigenvalue weighted by Crippen LogP contribution is 2.31. The van der Waals surface area contributed by atoms with E-state index >= 15 is 0 Å². The van der Waals surface area contributed by atoms with Crippen LogP contribution in [0.1, 0.15) is 19.3 Å². The molecule has 1 saturated heterocycles. The summed E-state index contributed by atoms with van der Waals surface area (Å²) in [7, 11) is -3.42. The van der Waals surface area contributed by atoms with Crippen LogP contribution in [0.3, 0.4) is 0 Å². The lowest BCUT2D eigenvalue weighted by Gasteiger charge is -2.17. The van der Waals surface area contributed by atoms with Crippen LogP contribution in [0.2, 0.25) is 0 Å². The molecule has 0 saturated carbocycles. The predicted molar refractivity (Wildman–Crippen MR) is 102 cm³/mol. The van der Waals surface area contributed by atoms with E-state index in [1.165, 1.54) is 4.31 Å². The quantitative estimate of drug-likeness (QED) is 0.829. The first-order chi connectivity index (χ1) is 12.5. The van der Waals surface area contributed by atoms with E-state index < -0.39 is 10.0 Å². The molecule has 0 bridgehead atoms. The third-order valence-corrected chi connectivity index (χ3v) is 7.49. The Morgan fingerprint density at radius 3 is 2.62 bits per heavy atom. The number of anilines is 1. The molecule has 1 amide bonds. The van der Waals surface area contributed by atoms with Crippen LogP contribution >= 0.6 is 11.8 Å². The predicted octanol–water partition coefficient (Wildman–Crippen LogP) is 2.06. The van der Waals surface area contributed by atoms with Crippen molar-refractivity contribution in [2.75, 3.05) is 31.5 Å². The van der Waals surface area contributed by atoms with E-state index in [0.29, 0.717) is 18.8 Å². The number of nitrogens with zero attached hydrogens (tertiary/aromatic N) is 3. The first-order valence-corrected chi connectivity index (χ1v) is 10.9. The first-order valence-electron chi connectivity index (χ1n) is 8.62. The van der Waals surface area contributed by atoms with Gasteiger partial charge in [-0.2, -0.15) is 4.31 Å². The minimum Gasteiger partial charge on any atom is -0.326 e. The van der Waals surface area contributed by atoms with Gasteiger partial charge >= 0.3 is 0 Å². The van der Waals surface area contributed by atoms with Crippen LogP contribution < -0.4 is 5.32 Å². The van der Waals surface area contributed by atoms with E-state index in [9.17, 15) is 13.2 Å². The number of carbonyl (C=O) groups is 1. The number of hydrogen-bond acceptors (Lipinski definition) is 6. The molecule has 3 heterocycles. The average Bonchev–Trinajstić information content (AvgIpc) is 3.35. The van der Waals surface area contributed by atoms with Gasteiger partial charge in [0.15, 0.2) is 5.17 Å². The summed E-state index contributed by atoms with van der Waals surface area (Å²) < 4.78 is 26.5. The summed E-state index contributed by atoms with van der Waals surface area (Å²) in [6.07, 6.45) is 2.09. The third-order valence-electron chi connectivity index (χ3n) is 4.63. The minimum absolute atomic E-state index is 0.125. The highest BCUT2D eigenvalue weighted by molar-refractivity contribution is 8.16. The van der Waals surface area contributed by atoms with Crippen molar-refractivity contribution in [3.8, 4) is 0 Å². The van der Waals surface area contributed by atoms with Crippen LogP contribution in [-0.2, 0) is 14.8 Å². The summed E-state index contributed by atoms with van der Waals surface area (Å²) in [4.78, 5) is 19.0. The molecule has 1 N–H and O–H groups in total. The molecule has 1 fully saturated rings. The molecular formula is C17H20N4O3S2. The highest BCUT2D eigenvalue weighted by atomic mass is 32.2. The lowest BCUT2D eigenvalue weighted by molar-refractivity contribution is -0.115. The van der Waals surface area contributed by atoms with E-state index in [2.05, 4.69) is 15.2 Å². The molecule has 3 aliphatic rings. The summed E-state index contributed by atoms with van der Waals surface area (Å²) in [5.41, 5.74) is 1.55. The third kappa shape index (κ3) is 3.38. The van der Waals surface area contributed by atoms with Crippen molar-refractivity contribution in [1.29, 1.82) is 0 Å². The zero-order valence-electron chi connectivity index (χ0n) is 14.2. The fourth-order valence-corrected chi connectivity index (χ4v) is 5.74. The Balaban J connectivity index is 1.38. The molecule has 0 spiro atoms. The molecular weight excluding hydrogens is 372 g/mol. The summed E-state index contributed by atoms with van der Waals surface area (Å²) in [6, 6.07) is 6.39. The van der Waals surface area contributed by atoms with Gasteiger partial charge in [0.25, 0.3) is 0 Å². The summed E-state index contributed by atoms with van der Waals surface area (Å²) >= 11 is 1.55. The molecule has 138 valence electrons. The zero-order valence-corrected chi connectivity index (χ0v) is 15.9. The molecule has 1 aromatic rings. The number of hydrogen-bond donors (Lipinski definition) is 1. The molecule has 0 atom stereocenters. The smallest absolute Gasteiger partial charge is 0.243 e. The second-order valence-electron chi connectivity index (χ2n) is 6.40.